The molecule has 0 unspecified atom stereocenters. The normalized spacial score (nSPS) is 10.9. The first-order valence-corrected chi connectivity index (χ1v) is 8.73. The van der Waals surface area contributed by atoms with E-state index in [9.17, 15) is 4.79 Å². The van der Waals surface area contributed by atoms with E-state index in [-0.39, 0.29) is 11.5 Å². The lowest BCUT2D eigenvalue weighted by Gasteiger charge is -2.10. The predicted octanol–water partition coefficient (Wildman–Crippen LogP) is 2.32. The number of nitrogen functional groups attached to an aromatic ring is 1. The van der Waals surface area contributed by atoms with Gasteiger partial charge in [0.05, 0.1) is 17.4 Å². The SMILES string of the molecule is N=Cc1c(NCCc2cccc(C(=O)O)c2)nc(N)n2nc(-c3ccco3)nc12. The molecule has 0 saturated heterocycles. The van der Waals surface area contributed by atoms with Gasteiger partial charge in [0.25, 0.3) is 0 Å². The van der Waals surface area contributed by atoms with Gasteiger partial charge in [0.15, 0.2) is 11.4 Å². The van der Waals surface area contributed by atoms with Crippen molar-refractivity contribution < 1.29 is 14.3 Å². The summed E-state index contributed by atoms with van der Waals surface area (Å²) in [5, 5.41) is 24.3. The van der Waals surface area contributed by atoms with Gasteiger partial charge in [-0.05, 0) is 36.2 Å². The van der Waals surface area contributed by atoms with E-state index < -0.39 is 5.97 Å². The predicted molar refractivity (Wildman–Crippen MR) is 106 cm³/mol. The molecule has 0 amide bonds. The molecule has 5 N–H and O–H groups in total. The molecule has 4 rings (SSSR count). The number of carboxylic acids is 1. The molecule has 4 aromatic rings. The molecule has 0 radical (unpaired) electrons. The molecule has 10 heteroatoms. The highest BCUT2D eigenvalue weighted by Crippen LogP contribution is 2.23. The van der Waals surface area contributed by atoms with Crippen molar-refractivity contribution >= 4 is 29.6 Å². The number of rotatable bonds is 7. The number of hydrogen-bond acceptors (Lipinski definition) is 8. The Kier molecular flexibility index (Phi) is 4.65. The third-order valence-corrected chi connectivity index (χ3v) is 4.31. The number of nitrogens with zero attached hydrogens (tertiary/aromatic N) is 4. The highest BCUT2D eigenvalue weighted by atomic mass is 16.4. The lowest BCUT2D eigenvalue weighted by atomic mass is 10.1. The van der Waals surface area contributed by atoms with Crippen LogP contribution in [-0.4, -0.2) is 43.4 Å². The maximum absolute atomic E-state index is 11.1. The number of fused-ring (bicyclic) bond motifs is 1. The van der Waals surface area contributed by atoms with E-state index in [1.165, 1.54) is 10.8 Å². The molecule has 3 aromatic heterocycles. The third-order valence-electron chi connectivity index (χ3n) is 4.31. The Hall–Kier alpha value is -4.21. The zero-order valence-corrected chi connectivity index (χ0v) is 15.2. The smallest absolute Gasteiger partial charge is 0.335 e. The molecule has 1 aromatic carbocycles. The van der Waals surface area contributed by atoms with Gasteiger partial charge < -0.3 is 26.0 Å². The van der Waals surface area contributed by atoms with E-state index in [0.717, 1.165) is 11.8 Å². The van der Waals surface area contributed by atoms with Crippen molar-refractivity contribution in [3.05, 3.63) is 59.4 Å². The van der Waals surface area contributed by atoms with Gasteiger partial charge in [0.2, 0.25) is 11.8 Å². The van der Waals surface area contributed by atoms with Crippen LogP contribution in [0.5, 0.6) is 0 Å². The second-order valence-electron chi connectivity index (χ2n) is 6.21. The zero-order chi connectivity index (χ0) is 20.4. The van der Waals surface area contributed by atoms with Gasteiger partial charge in [0, 0.05) is 12.8 Å². The summed E-state index contributed by atoms with van der Waals surface area (Å²) in [4.78, 5) is 19.8. The summed E-state index contributed by atoms with van der Waals surface area (Å²) in [5.74, 6) is 0.375. The van der Waals surface area contributed by atoms with Crippen molar-refractivity contribution in [2.24, 2.45) is 0 Å². The summed E-state index contributed by atoms with van der Waals surface area (Å²) in [5.41, 5.74) is 7.94. The average Bonchev–Trinajstić information content (AvgIpc) is 3.38. The van der Waals surface area contributed by atoms with Gasteiger partial charge in [-0.3, -0.25) is 0 Å². The van der Waals surface area contributed by atoms with Crippen LogP contribution in [-0.2, 0) is 6.42 Å². The van der Waals surface area contributed by atoms with Crippen LogP contribution >= 0.6 is 0 Å². The van der Waals surface area contributed by atoms with Gasteiger partial charge in [-0.2, -0.15) is 9.50 Å². The maximum Gasteiger partial charge on any atom is 0.335 e. The summed E-state index contributed by atoms with van der Waals surface area (Å²) in [6, 6.07) is 10.2. The third kappa shape index (κ3) is 3.50. The Morgan fingerprint density at radius 3 is 2.90 bits per heavy atom. The molecule has 146 valence electrons. The number of nitrogens with one attached hydrogen (secondary N) is 2. The molecule has 10 nitrogen and oxygen atoms in total. The summed E-state index contributed by atoms with van der Waals surface area (Å²) in [7, 11) is 0. The van der Waals surface area contributed by atoms with Crippen LogP contribution in [0, 0.1) is 5.41 Å². The monoisotopic (exact) mass is 391 g/mol. The molecule has 3 heterocycles. The van der Waals surface area contributed by atoms with Crippen LogP contribution in [0.25, 0.3) is 17.2 Å². The number of benzene rings is 1. The van der Waals surface area contributed by atoms with Crippen molar-refractivity contribution in [3.63, 3.8) is 0 Å². The second-order valence-corrected chi connectivity index (χ2v) is 6.21. The molecule has 0 fully saturated rings. The highest BCUT2D eigenvalue weighted by Gasteiger charge is 2.17. The van der Waals surface area contributed by atoms with Crippen LogP contribution in [0.15, 0.2) is 47.1 Å². The number of anilines is 2. The number of carbonyl (C=O) groups is 1. The molecule has 0 saturated carbocycles. The van der Waals surface area contributed by atoms with E-state index in [0.29, 0.717) is 41.6 Å². The first-order chi connectivity index (χ1) is 14.1. The Balaban J connectivity index is 1.59. The van der Waals surface area contributed by atoms with Crippen LogP contribution in [0.1, 0.15) is 21.5 Å². The Labute approximate surface area is 164 Å². The molecule has 0 spiro atoms. The van der Waals surface area contributed by atoms with Crippen molar-refractivity contribution in [3.8, 4) is 11.6 Å². The van der Waals surface area contributed by atoms with Crippen molar-refractivity contribution in [2.45, 2.75) is 6.42 Å². The largest absolute Gasteiger partial charge is 0.478 e. The number of aromatic nitrogens is 4. The second kappa shape index (κ2) is 7.43. The summed E-state index contributed by atoms with van der Waals surface area (Å²) in [6.45, 7) is 0.464. The number of carboxylic acid groups (broad SMARTS) is 1. The van der Waals surface area contributed by atoms with Crippen LogP contribution in [0.2, 0.25) is 0 Å². The standard InChI is InChI=1S/C19H17N7O3/c20-10-13-15(22-7-6-11-3-1-4-12(9-11)18(27)28)24-19(21)26-17(13)23-16(25-26)14-5-2-8-29-14/h1-5,8-10,20,22H,6-7H2,(H2,21,24)(H,27,28). The first-order valence-electron chi connectivity index (χ1n) is 8.73. The van der Waals surface area contributed by atoms with Gasteiger partial charge in [-0.1, -0.05) is 12.1 Å². The molecule has 0 aliphatic carbocycles. The van der Waals surface area contributed by atoms with E-state index in [1.54, 1.807) is 30.3 Å². The zero-order valence-electron chi connectivity index (χ0n) is 15.2. The number of nitrogens with two attached hydrogens (primary N) is 1. The molecule has 0 aliphatic heterocycles. The summed E-state index contributed by atoms with van der Waals surface area (Å²) in [6.07, 6.45) is 3.22. The van der Waals surface area contributed by atoms with Gasteiger partial charge in [0.1, 0.15) is 5.82 Å². The van der Waals surface area contributed by atoms with E-state index in [4.69, 9.17) is 20.7 Å². The van der Waals surface area contributed by atoms with Gasteiger partial charge in [-0.15, -0.1) is 5.10 Å². The number of hydrogen-bond donors (Lipinski definition) is 4. The van der Waals surface area contributed by atoms with E-state index in [1.807, 2.05) is 6.07 Å². The fourth-order valence-corrected chi connectivity index (χ4v) is 2.94. The molecular formula is C19H17N7O3. The van der Waals surface area contributed by atoms with Crippen molar-refractivity contribution in [2.75, 3.05) is 17.6 Å². The first kappa shape index (κ1) is 18.2. The topological polar surface area (TPSA) is 155 Å². The lowest BCUT2D eigenvalue weighted by molar-refractivity contribution is 0.0696. The Morgan fingerprint density at radius 1 is 1.31 bits per heavy atom. The van der Waals surface area contributed by atoms with Crippen LogP contribution in [0.3, 0.4) is 0 Å². The van der Waals surface area contributed by atoms with Crippen LogP contribution in [0.4, 0.5) is 11.8 Å². The van der Waals surface area contributed by atoms with Gasteiger partial charge >= 0.3 is 5.97 Å². The summed E-state index contributed by atoms with van der Waals surface area (Å²) >= 11 is 0. The molecule has 0 bridgehead atoms. The van der Waals surface area contributed by atoms with Gasteiger partial charge in [-0.25, -0.2) is 9.78 Å². The molecular weight excluding hydrogens is 374 g/mol. The van der Waals surface area contributed by atoms with Crippen molar-refractivity contribution in [1.29, 1.82) is 5.41 Å². The lowest BCUT2D eigenvalue weighted by Crippen LogP contribution is -2.13. The van der Waals surface area contributed by atoms with E-state index in [2.05, 4.69) is 20.4 Å². The maximum atomic E-state index is 11.1. The van der Waals surface area contributed by atoms with Crippen molar-refractivity contribution in [1.82, 2.24) is 19.6 Å². The molecule has 0 atom stereocenters. The van der Waals surface area contributed by atoms with Crippen LogP contribution < -0.4 is 11.1 Å². The highest BCUT2D eigenvalue weighted by molar-refractivity contribution is 5.93. The fraction of sp³-hybridized carbons (Fsp3) is 0.105. The molecule has 29 heavy (non-hydrogen) atoms. The van der Waals surface area contributed by atoms with E-state index >= 15 is 0 Å². The minimum absolute atomic E-state index is 0.117. The Morgan fingerprint density at radius 2 is 2.17 bits per heavy atom. The summed E-state index contributed by atoms with van der Waals surface area (Å²) < 4.78 is 6.68. The fourth-order valence-electron chi connectivity index (χ4n) is 2.94. The minimum atomic E-state index is -0.968. The Bertz CT molecular complexity index is 1200. The quantitative estimate of drug-likeness (QED) is 0.350. The minimum Gasteiger partial charge on any atom is -0.478 e. The molecule has 0 aliphatic rings. The number of furan rings is 1. The number of aromatic carboxylic acids is 1. The average molecular weight is 391 g/mol.